The van der Waals surface area contributed by atoms with Crippen LogP contribution in [0.4, 0.5) is 0 Å². The predicted molar refractivity (Wildman–Crippen MR) is 109 cm³/mol. The molecule has 7 heteroatoms. The van der Waals surface area contributed by atoms with Crippen LogP contribution < -0.4 is 11.3 Å². The molecule has 3 N–H and O–H groups in total. The van der Waals surface area contributed by atoms with Gasteiger partial charge in [-0.2, -0.15) is 0 Å². The van der Waals surface area contributed by atoms with Crippen molar-refractivity contribution < 1.29 is 4.79 Å². The number of carbonyl (C=O) groups is 1. The van der Waals surface area contributed by atoms with Gasteiger partial charge in [0.15, 0.2) is 0 Å². The Labute approximate surface area is 164 Å². The fourth-order valence-corrected chi connectivity index (χ4v) is 4.26. The van der Waals surface area contributed by atoms with Crippen molar-refractivity contribution >= 4 is 16.8 Å². The van der Waals surface area contributed by atoms with Crippen LogP contribution in [-0.2, 0) is 11.3 Å². The zero-order valence-corrected chi connectivity index (χ0v) is 16.4. The monoisotopic (exact) mass is 383 g/mol. The zero-order valence-electron chi connectivity index (χ0n) is 16.4. The first-order valence-electron chi connectivity index (χ1n) is 10.2. The van der Waals surface area contributed by atoms with Gasteiger partial charge in [-0.15, -0.1) is 0 Å². The van der Waals surface area contributed by atoms with Gasteiger partial charge in [-0.3, -0.25) is 14.5 Å². The summed E-state index contributed by atoms with van der Waals surface area (Å²) in [7, 11) is 1.78. The molecule has 1 aliphatic carbocycles. The second-order valence-electron chi connectivity index (χ2n) is 8.24. The van der Waals surface area contributed by atoms with Crippen molar-refractivity contribution in [3.8, 4) is 0 Å². The van der Waals surface area contributed by atoms with Crippen molar-refractivity contribution in [3.63, 3.8) is 0 Å². The minimum Gasteiger partial charge on any atom is -0.338 e. The standard InChI is InChI=1S/C21H29N5O2/c1-25(13-19-23-18-5-3-2-4-17(18)21(28)24-19)20(27)10-15-8-9-16(11-22)26(15)12-14-6-7-14/h2-5,14-16H,6-13,22H2,1H3,(H,23,24,28)/t15-,16+/m0/s1. The third kappa shape index (κ3) is 4.10. The fraction of sp³-hybridized carbons (Fsp3) is 0.571. The maximum absolute atomic E-state index is 12.8. The van der Waals surface area contributed by atoms with Crippen molar-refractivity contribution in [1.82, 2.24) is 19.8 Å². The molecule has 0 bridgehead atoms. The zero-order chi connectivity index (χ0) is 19.7. The minimum absolute atomic E-state index is 0.0827. The second kappa shape index (κ2) is 8.01. The highest BCUT2D eigenvalue weighted by molar-refractivity contribution is 5.78. The van der Waals surface area contributed by atoms with Gasteiger partial charge in [-0.25, -0.2) is 4.98 Å². The first-order valence-corrected chi connectivity index (χ1v) is 10.2. The average molecular weight is 383 g/mol. The van der Waals surface area contributed by atoms with Crippen molar-refractivity contribution in [2.24, 2.45) is 11.7 Å². The summed E-state index contributed by atoms with van der Waals surface area (Å²) >= 11 is 0. The number of hydrogen-bond acceptors (Lipinski definition) is 5. The molecule has 2 atom stereocenters. The van der Waals surface area contributed by atoms with Gasteiger partial charge in [-0.1, -0.05) is 12.1 Å². The Morgan fingerprint density at radius 3 is 2.75 bits per heavy atom. The van der Waals surface area contributed by atoms with E-state index in [-0.39, 0.29) is 17.5 Å². The topological polar surface area (TPSA) is 95.3 Å². The van der Waals surface area contributed by atoms with E-state index in [1.165, 1.54) is 12.8 Å². The molecule has 7 nitrogen and oxygen atoms in total. The van der Waals surface area contributed by atoms with Gasteiger partial charge in [0.1, 0.15) is 5.82 Å². The van der Waals surface area contributed by atoms with E-state index in [0.29, 0.717) is 42.3 Å². The van der Waals surface area contributed by atoms with Gasteiger partial charge in [0.2, 0.25) is 5.91 Å². The number of aromatic amines is 1. The molecule has 1 aromatic heterocycles. The Kier molecular flexibility index (Phi) is 5.46. The summed E-state index contributed by atoms with van der Waals surface area (Å²) in [6, 6.07) is 7.92. The number of carbonyl (C=O) groups excluding carboxylic acids is 1. The molecule has 0 unspecified atom stereocenters. The molecule has 1 saturated heterocycles. The van der Waals surface area contributed by atoms with Gasteiger partial charge < -0.3 is 15.6 Å². The third-order valence-electron chi connectivity index (χ3n) is 6.09. The van der Waals surface area contributed by atoms with Gasteiger partial charge in [-0.05, 0) is 43.7 Å². The molecular formula is C21H29N5O2. The number of benzene rings is 1. The molecule has 4 rings (SSSR count). The van der Waals surface area contributed by atoms with E-state index in [1.807, 2.05) is 18.2 Å². The third-order valence-corrected chi connectivity index (χ3v) is 6.09. The number of rotatable bonds is 7. The van der Waals surface area contributed by atoms with E-state index in [0.717, 1.165) is 25.3 Å². The van der Waals surface area contributed by atoms with Crippen molar-refractivity contribution in [2.75, 3.05) is 20.1 Å². The summed E-state index contributed by atoms with van der Waals surface area (Å²) in [5.41, 5.74) is 6.44. The summed E-state index contributed by atoms with van der Waals surface area (Å²) in [5, 5.41) is 0.565. The molecule has 2 aliphatic rings. The number of nitrogens with zero attached hydrogens (tertiary/aromatic N) is 3. The van der Waals surface area contributed by atoms with Gasteiger partial charge in [0.25, 0.3) is 5.56 Å². The SMILES string of the molecule is CN(Cc1nc2ccccc2c(=O)[nH]1)C(=O)C[C@@H]1CC[C@H](CN)N1CC1CC1. The molecule has 2 aromatic rings. The maximum Gasteiger partial charge on any atom is 0.258 e. The Bertz CT molecular complexity index is 907. The van der Waals surface area contributed by atoms with Crippen LogP contribution >= 0.6 is 0 Å². The van der Waals surface area contributed by atoms with Crippen LogP contribution in [0.2, 0.25) is 0 Å². The number of likely N-dealkylation sites (tertiary alicyclic amines) is 1. The number of hydrogen-bond donors (Lipinski definition) is 2. The highest BCUT2D eigenvalue weighted by atomic mass is 16.2. The Morgan fingerprint density at radius 2 is 2.00 bits per heavy atom. The summed E-state index contributed by atoms with van der Waals surface area (Å²) in [5.74, 6) is 1.38. The summed E-state index contributed by atoms with van der Waals surface area (Å²) in [4.78, 5) is 36.5. The number of fused-ring (bicyclic) bond motifs is 1. The van der Waals surface area contributed by atoms with E-state index in [2.05, 4.69) is 14.9 Å². The lowest BCUT2D eigenvalue weighted by molar-refractivity contribution is -0.131. The van der Waals surface area contributed by atoms with Crippen molar-refractivity contribution in [3.05, 3.63) is 40.4 Å². The van der Waals surface area contributed by atoms with Crippen LogP contribution in [0.5, 0.6) is 0 Å². The quantitative estimate of drug-likeness (QED) is 0.755. The highest BCUT2D eigenvalue weighted by Gasteiger charge is 2.37. The van der Waals surface area contributed by atoms with Crippen molar-refractivity contribution in [2.45, 2.75) is 50.7 Å². The number of nitrogens with one attached hydrogen (secondary N) is 1. The van der Waals surface area contributed by atoms with E-state index < -0.39 is 0 Å². The molecule has 2 heterocycles. The van der Waals surface area contributed by atoms with Crippen LogP contribution in [0, 0.1) is 5.92 Å². The van der Waals surface area contributed by atoms with Crippen molar-refractivity contribution in [1.29, 1.82) is 0 Å². The Balaban J connectivity index is 1.41. The normalized spacial score (nSPS) is 22.6. The van der Waals surface area contributed by atoms with Crippen LogP contribution in [-0.4, -0.2) is 57.9 Å². The maximum atomic E-state index is 12.8. The van der Waals surface area contributed by atoms with Crippen LogP contribution in [0.3, 0.4) is 0 Å². The lowest BCUT2D eigenvalue weighted by atomic mass is 10.1. The minimum atomic E-state index is -0.168. The number of H-pyrrole nitrogens is 1. The first kappa shape index (κ1) is 19.1. The second-order valence-corrected chi connectivity index (χ2v) is 8.24. The largest absolute Gasteiger partial charge is 0.338 e. The number of nitrogens with two attached hydrogens (primary N) is 1. The molecule has 1 aromatic carbocycles. The summed E-state index contributed by atoms with van der Waals surface area (Å²) in [6.45, 7) is 2.03. The lowest BCUT2D eigenvalue weighted by Gasteiger charge is -2.30. The summed E-state index contributed by atoms with van der Waals surface area (Å²) < 4.78 is 0. The molecule has 0 radical (unpaired) electrons. The first-order chi connectivity index (χ1) is 13.5. The molecule has 150 valence electrons. The Morgan fingerprint density at radius 1 is 1.25 bits per heavy atom. The van der Waals surface area contributed by atoms with E-state index >= 15 is 0 Å². The highest BCUT2D eigenvalue weighted by Crippen LogP contribution is 2.35. The lowest BCUT2D eigenvalue weighted by Crippen LogP contribution is -2.43. The smallest absolute Gasteiger partial charge is 0.258 e. The average Bonchev–Trinajstić information content (AvgIpc) is 3.43. The van der Waals surface area contributed by atoms with E-state index in [4.69, 9.17) is 5.73 Å². The van der Waals surface area contributed by atoms with Gasteiger partial charge in [0, 0.05) is 38.6 Å². The molecular weight excluding hydrogens is 354 g/mol. The van der Waals surface area contributed by atoms with E-state index in [1.54, 1.807) is 18.0 Å². The molecule has 28 heavy (non-hydrogen) atoms. The molecule has 2 fully saturated rings. The van der Waals surface area contributed by atoms with Gasteiger partial charge >= 0.3 is 0 Å². The number of amides is 1. The predicted octanol–water partition coefficient (Wildman–Crippen LogP) is 1.47. The number of aromatic nitrogens is 2. The van der Waals surface area contributed by atoms with E-state index in [9.17, 15) is 9.59 Å². The molecule has 1 saturated carbocycles. The number of para-hydroxylation sites is 1. The molecule has 1 amide bonds. The summed E-state index contributed by atoms with van der Waals surface area (Å²) in [6.07, 6.45) is 5.20. The molecule has 1 aliphatic heterocycles. The Hall–Kier alpha value is -2.25. The van der Waals surface area contributed by atoms with Gasteiger partial charge in [0.05, 0.1) is 17.4 Å². The van der Waals surface area contributed by atoms with Crippen LogP contribution in [0.15, 0.2) is 29.1 Å². The van der Waals surface area contributed by atoms with Crippen LogP contribution in [0.1, 0.15) is 37.9 Å². The molecule has 0 spiro atoms. The van der Waals surface area contributed by atoms with Crippen LogP contribution in [0.25, 0.3) is 10.9 Å². The fourth-order valence-electron chi connectivity index (χ4n) is 4.26.